The molecular weight excluding hydrogens is 455 g/mol. The van der Waals surface area contributed by atoms with Crippen molar-refractivity contribution in [1.29, 1.82) is 0 Å². The van der Waals surface area contributed by atoms with E-state index >= 15 is 0 Å². The lowest BCUT2D eigenvalue weighted by molar-refractivity contribution is 0.195. The van der Waals surface area contributed by atoms with Crippen LogP contribution in [0.5, 0.6) is 0 Å². The van der Waals surface area contributed by atoms with Gasteiger partial charge in [0.25, 0.3) is 0 Å². The van der Waals surface area contributed by atoms with Crippen LogP contribution in [-0.4, -0.2) is 49.2 Å². The van der Waals surface area contributed by atoms with Gasteiger partial charge in [0.15, 0.2) is 0 Å². The van der Waals surface area contributed by atoms with Crippen LogP contribution in [0.2, 0.25) is 0 Å². The summed E-state index contributed by atoms with van der Waals surface area (Å²) in [4.78, 5) is 48.2. The molecule has 0 saturated heterocycles. The second-order valence-corrected chi connectivity index (χ2v) is 7.69. The number of phosphoric acid groups is 3. The van der Waals surface area contributed by atoms with Crippen molar-refractivity contribution in [2.45, 2.75) is 40.0 Å². The van der Waals surface area contributed by atoms with Gasteiger partial charge < -0.3 is 29.4 Å². The van der Waals surface area contributed by atoms with Crippen molar-refractivity contribution >= 4 is 43.3 Å². The maximum absolute atomic E-state index is 9.86. The van der Waals surface area contributed by atoms with E-state index in [1.54, 1.807) is 20.8 Å². The standard InChI is InChI=1S/3C3H9O4P.2H3P/c3*1-2-3-7-8(4,5)6;;/h3*2-3H2,1H3,(H2,4,5,6);2*1H3. The van der Waals surface area contributed by atoms with Gasteiger partial charge in [-0.25, -0.2) is 13.7 Å². The Morgan fingerprint density at radius 1 is 0.538 bits per heavy atom. The lowest BCUT2D eigenvalue weighted by Crippen LogP contribution is -1.88. The molecule has 2 atom stereocenters. The molecule has 0 aromatic rings. The fraction of sp³-hybridized carbons (Fsp3) is 1.00. The van der Waals surface area contributed by atoms with Crippen molar-refractivity contribution in [2.75, 3.05) is 19.8 Å². The first-order valence-electron chi connectivity index (χ1n) is 6.78. The van der Waals surface area contributed by atoms with Gasteiger partial charge in [-0.1, -0.05) is 20.8 Å². The van der Waals surface area contributed by atoms with Gasteiger partial charge in [-0.15, -0.1) is 0 Å². The van der Waals surface area contributed by atoms with E-state index in [-0.39, 0.29) is 39.6 Å². The first kappa shape index (κ1) is 37.9. The highest BCUT2D eigenvalue weighted by Crippen LogP contribution is 2.36. The topological polar surface area (TPSA) is 200 Å². The lowest BCUT2D eigenvalue weighted by Gasteiger charge is -2.00. The zero-order valence-electron chi connectivity index (χ0n) is 15.1. The van der Waals surface area contributed by atoms with Gasteiger partial charge in [0.2, 0.25) is 0 Å². The van der Waals surface area contributed by atoms with E-state index in [9.17, 15) is 13.7 Å². The Kier molecular flexibility index (Phi) is 30.5. The number of hydrogen-bond donors (Lipinski definition) is 6. The van der Waals surface area contributed by atoms with Crippen LogP contribution < -0.4 is 0 Å². The molecule has 0 bridgehead atoms. The van der Waals surface area contributed by atoms with Crippen molar-refractivity contribution in [2.24, 2.45) is 0 Å². The predicted molar refractivity (Wildman–Crippen MR) is 107 cm³/mol. The summed E-state index contributed by atoms with van der Waals surface area (Å²) < 4.78 is 41.7. The van der Waals surface area contributed by atoms with E-state index in [0.717, 1.165) is 0 Å². The van der Waals surface area contributed by atoms with Crippen molar-refractivity contribution in [3.05, 3.63) is 0 Å². The van der Waals surface area contributed by atoms with Crippen molar-refractivity contribution in [1.82, 2.24) is 0 Å². The molecule has 2 unspecified atom stereocenters. The molecule has 0 saturated carbocycles. The Hall–Kier alpha value is 1.19. The summed E-state index contributed by atoms with van der Waals surface area (Å²) in [5.74, 6) is 0. The lowest BCUT2D eigenvalue weighted by atomic mass is 10.5. The molecule has 0 spiro atoms. The third-order valence-corrected chi connectivity index (χ3v) is 2.95. The van der Waals surface area contributed by atoms with Gasteiger partial charge in [-0.2, -0.15) is 19.8 Å². The van der Waals surface area contributed by atoms with Gasteiger partial charge in [-0.05, 0) is 19.3 Å². The first-order chi connectivity index (χ1) is 10.7. The number of phosphoric ester groups is 3. The highest BCUT2D eigenvalue weighted by atomic mass is 31.2. The SMILES string of the molecule is CCCOP(=O)(O)O.CCCOP(=O)(O)O.CCCOP(=O)(O)O.P.P. The summed E-state index contributed by atoms with van der Waals surface area (Å²) in [5, 5.41) is 0. The van der Waals surface area contributed by atoms with Crippen LogP contribution in [0.3, 0.4) is 0 Å². The molecule has 26 heavy (non-hydrogen) atoms. The molecule has 0 fully saturated rings. The maximum atomic E-state index is 9.86. The Bertz CT molecular complexity index is 354. The smallest absolute Gasteiger partial charge is 0.303 e. The normalized spacial score (nSPS) is 11.0. The maximum Gasteiger partial charge on any atom is 0.469 e. The molecule has 0 heterocycles. The average molecular weight is 488 g/mol. The highest BCUT2D eigenvalue weighted by molar-refractivity contribution is 7.46. The number of rotatable bonds is 9. The predicted octanol–water partition coefficient (Wildman–Crippen LogP) is 1.63. The van der Waals surface area contributed by atoms with Crippen LogP contribution in [0.4, 0.5) is 0 Å². The van der Waals surface area contributed by atoms with Gasteiger partial charge in [0, 0.05) is 0 Å². The quantitative estimate of drug-likeness (QED) is 0.257. The second-order valence-electron chi connectivity index (χ2n) is 3.97. The van der Waals surface area contributed by atoms with Crippen LogP contribution >= 0.6 is 43.3 Å². The monoisotopic (exact) mass is 488 g/mol. The van der Waals surface area contributed by atoms with E-state index in [4.69, 9.17) is 29.4 Å². The van der Waals surface area contributed by atoms with Gasteiger partial charge in [0.05, 0.1) is 19.8 Å². The third-order valence-electron chi connectivity index (χ3n) is 1.39. The Morgan fingerprint density at radius 2 is 0.692 bits per heavy atom. The summed E-state index contributed by atoms with van der Waals surface area (Å²) in [6, 6.07) is 0. The van der Waals surface area contributed by atoms with Crippen molar-refractivity contribution < 1.29 is 56.6 Å². The molecule has 0 aromatic carbocycles. The zero-order chi connectivity index (χ0) is 19.9. The Balaban J connectivity index is -0.0000000817. The minimum absolute atomic E-state index is 0. The summed E-state index contributed by atoms with van der Waals surface area (Å²) in [7, 11) is -12.5. The summed E-state index contributed by atoms with van der Waals surface area (Å²) >= 11 is 0. The van der Waals surface area contributed by atoms with Crippen LogP contribution in [0.15, 0.2) is 0 Å². The fourth-order valence-electron chi connectivity index (χ4n) is 0.631. The molecule has 0 aliphatic carbocycles. The zero-order valence-corrected chi connectivity index (χ0v) is 20.6. The van der Waals surface area contributed by atoms with Crippen LogP contribution in [-0.2, 0) is 27.3 Å². The molecule has 0 aliphatic heterocycles. The second kappa shape index (κ2) is 20.9. The first-order valence-corrected chi connectivity index (χ1v) is 11.4. The summed E-state index contributed by atoms with van der Waals surface area (Å²) in [5.41, 5.74) is 0. The van der Waals surface area contributed by atoms with E-state index in [2.05, 4.69) is 13.6 Å². The Morgan fingerprint density at radius 3 is 0.731 bits per heavy atom. The molecule has 0 radical (unpaired) electrons. The molecular formula is C9H33O12P5. The van der Waals surface area contributed by atoms with Crippen LogP contribution in [0.25, 0.3) is 0 Å². The van der Waals surface area contributed by atoms with Crippen LogP contribution in [0, 0.1) is 0 Å². The van der Waals surface area contributed by atoms with Gasteiger partial charge in [0.1, 0.15) is 0 Å². The number of hydrogen-bond acceptors (Lipinski definition) is 6. The van der Waals surface area contributed by atoms with Gasteiger partial charge in [-0.3, -0.25) is 13.6 Å². The fourth-order valence-corrected chi connectivity index (χ4v) is 1.89. The minimum Gasteiger partial charge on any atom is -0.303 e. The minimum atomic E-state index is -4.18. The van der Waals surface area contributed by atoms with Gasteiger partial charge >= 0.3 is 23.5 Å². The average Bonchev–Trinajstić information content (AvgIpc) is 2.39. The third kappa shape index (κ3) is 56.2. The summed E-state index contributed by atoms with van der Waals surface area (Å²) in [6.45, 7) is 5.67. The molecule has 12 nitrogen and oxygen atoms in total. The molecule has 0 amide bonds. The molecule has 0 aliphatic rings. The van der Waals surface area contributed by atoms with E-state index in [0.29, 0.717) is 19.3 Å². The molecule has 0 aromatic heterocycles. The molecule has 17 heteroatoms. The van der Waals surface area contributed by atoms with Crippen molar-refractivity contribution in [3.63, 3.8) is 0 Å². The highest BCUT2D eigenvalue weighted by Gasteiger charge is 2.12. The summed E-state index contributed by atoms with van der Waals surface area (Å²) in [6.07, 6.45) is 1.85. The molecule has 0 rings (SSSR count). The molecule has 6 N–H and O–H groups in total. The van der Waals surface area contributed by atoms with E-state index in [1.165, 1.54) is 0 Å². The van der Waals surface area contributed by atoms with E-state index in [1.807, 2.05) is 0 Å². The van der Waals surface area contributed by atoms with Crippen molar-refractivity contribution in [3.8, 4) is 0 Å². The molecule has 166 valence electrons. The Labute approximate surface area is 160 Å². The van der Waals surface area contributed by atoms with E-state index < -0.39 is 23.5 Å². The van der Waals surface area contributed by atoms with Crippen LogP contribution in [0.1, 0.15) is 40.0 Å². The largest absolute Gasteiger partial charge is 0.469 e.